The van der Waals surface area contributed by atoms with Crippen molar-refractivity contribution < 1.29 is 13.2 Å². The van der Waals surface area contributed by atoms with E-state index in [0.717, 1.165) is 36.6 Å². The fraction of sp³-hybridized carbons (Fsp3) is 0.632. The number of hydrogen-bond donors (Lipinski definition) is 0. The highest BCUT2D eigenvalue weighted by Gasteiger charge is 2.35. The summed E-state index contributed by atoms with van der Waals surface area (Å²) in [5.74, 6) is 1.14. The first-order valence-corrected chi connectivity index (χ1v) is 10.5. The lowest BCUT2D eigenvalue weighted by Gasteiger charge is -2.38. The van der Waals surface area contributed by atoms with Gasteiger partial charge in [0.05, 0.1) is 11.1 Å². The van der Waals surface area contributed by atoms with E-state index in [4.69, 9.17) is 4.74 Å². The van der Waals surface area contributed by atoms with Crippen molar-refractivity contribution in [1.29, 1.82) is 0 Å². The van der Waals surface area contributed by atoms with E-state index in [-0.39, 0.29) is 11.3 Å². The van der Waals surface area contributed by atoms with Gasteiger partial charge in [0.15, 0.2) is 0 Å². The van der Waals surface area contributed by atoms with Crippen LogP contribution in [0.2, 0.25) is 0 Å². The van der Waals surface area contributed by atoms with Crippen LogP contribution >= 0.6 is 0 Å². The molecule has 0 aromatic carbocycles. The summed E-state index contributed by atoms with van der Waals surface area (Å²) in [7, 11) is -3.61. The molecule has 2 aliphatic rings. The van der Waals surface area contributed by atoms with Crippen LogP contribution in [0.3, 0.4) is 0 Å². The number of rotatable bonds is 4. The van der Waals surface area contributed by atoms with Gasteiger partial charge in [0.25, 0.3) is 10.0 Å². The molecule has 5 nitrogen and oxygen atoms in total. The molecule has 1 aromatic rings. The fourth-order valence-electron chi connectivity index (χ4n) is 3.90. The van der Waals surface area contributed by atoms with Gasteiger partial charge in [-0.2, -0.15) is 17.6 Å². The van der Waals surface area contributed by atoms with Gasteiger partial charge in [0.2, 0.25) is 0 Å². The van der Waals surface area contributed by atoms with Crippen molar-refractivity contribution in [2.75, 3.05) is 13.2 Å². The van der Waals surface area contributed by atoms with Crippen molar-refractivity contribution in [3.63, 3.8) is 0 Å². The molecule has 2 atom stereocenters. The zero-order valence-electron chi connectivity index (χ0n) is 15.3. The topological polar surface area (TPSA) is 61.2 Å². The largest absolute Gasteiger partial charge is 0.381 e. The Balaban J connectivity index is 1.89. The smallest absolute Gasteiger partial charge is 0.282 e. The summed E-state index contributed by atoms with van der Waals surface area (Å²) < 4.78 is 32.1. The Hall–Kier alpha value is -1.40. The molecule has 1 aliphatic heterocycles. The van der Waals surface area contributed by atoms with E-state index in [1.54, 1.807) is 12.1 Å². The van der Waals surface area contributed by atoms with E-state index >= 15 is 0 Å². The predicted molar refractivity (Wildman–Crippen MR) is 98.4 cm³/mol. The number of allylic oxidation sites excluding steroid dienone is 3. The molecule has 0 amide bonds. The molecule has 2 unspecified atom stereocenters. The maximum atomic E-state index is 12.8. The first-order chi connectivity index (χ1) is 11.8. The van der Waals surface area contributed by atoms with E-state index in [1.165, 1.54) is 12.4 Å². The Morgan fingerprint density at radius 3 is 2.60 bits per heavy atom. The molecular weight excluding hydrogens is 336 g/mol. The average Bonchev–Trinajstić information content (AvgIpc) is 3.10. The van der Waals surface area contributed by atoms with Gasteiger partial charge in [0, 0.05) is 19.4 Å². The molecule has 138 valence electrons. The lowest BCUT2D eigenvalue weighted by atomic mass is 9.68. The van der Waals surface area contributed by atoms with Crippen LogP contribution in [0.1, 0.15) is 40.0 Å². The Labute approximate surface area is 150 Å². The van der Waals surface area contributed by atoms with Gasteiger partial charge in [-0.05, 0) is 54.6 Å². The van der Waals surface area contributed by atoms with Crippen molar-refractivity contribution in [3.05, 3.63) is 41.6 Å². The van der Waals surface area contributed by atoms with Gasteiger partial charge in [-0.1, -0.05) is 32.9 Å². The van der Waals surface area contributed by atoms with E-state index in [2.05, 4.69) is 31.9 Å². The highest BCUT2D eigenvalue weighted by Crippen LogP contribution is 2.42. The molecule has 0 bridgehead atoms. The number of ether oxygens (including phenoxy) is 1. The van der Waals surface area contributed by atoms with Gasteiger partial charge < -0.3 is 4.74 Å². The third-order valence-electron chi connectivity index (χ3n) is 5.28. The second kappa shape index (κ2) is 7.08. The summed E-state index contributed by atoms with van der Waals surface area (Å²) in [6.45, 7) is 8.30. The Morgan fingerprint density at radius 1 is 1.28 bits per heavy atom. The zero-order valence-corrected chi connectivity index (χ0v) is 16.1. The number of hydrogen-bond acceptors (Lipinski definition) is 4. The summed E-state index contributed by atoms with van der Waals surface area (Å²) in [5, 5.41) is 3.91. The zero-order chi connectivity index (χ0) is 18.1. The van der Waals surface area contributed by atoms with Crippen LogP contribution in [-0.2, 0) is 14.8 Å². The minimum atomic E-state index is -3.61. The first kappa shape index (κ1) is 18.4. The van der Waals surface area contributed by atoms with Crippen LogP contribution < -0.4 is 0 Å². The van der Waals surface area contributed by atoms with Crippen molar-refractivity contribution in [2.24, 2.45) is 23.2 Å². The van der Waals surface area contributed by atoms with Crippen LogP contribution in [0.4, 0.5) is 0 Å². The molecular formula is C19H28N2O3S. The summed E-state index contributed by atoms with van der Waals surface area (Å²) >= 11 is 0. The van der Waals surface area contributed by atoms with Crippen LogP contribution in [0.25, 0.3) is 0 Å². The van der Waals surface area contributed by atoms with Crippen molar-refractivity contribution in [1.82, 2.24) is 9.19 Å². The monoisotopic (exact) mass is 364 g/mol. The fourth-order valence-corrected chi connectivity index (χ4v) is 5.12. The Bertz CT molecular complexity index is 736. The third kappa shape index (κ3) is 4.06. The minimum absolute atomic E-state index is 0.0871. The van der Waals surface area contributed by atoms with Gasteiger partial charge in [-0.25, -0.2) is 0 Å². The molecule has 25 heavy (non-hydrogen) atoms. The molecule has 1 aromatic heterocycles. The van der Waals surface area contributed by atoms with Crippen molar-refractivity contribution >= 4 is 10.0 Å². The molecule has 1 aliphatic carbocycles. The maximum absolute atomic E-state index is 12.8. The molecule has 1 saturated heterocycles. The highest BCUT2D eigenvalue weighted by atomic mass is 32.2. The SMILES string of the molecule is CC(C)(C)C1C=CC(S(=O)(=O)n2cccn2)=CC1CC1CCOCC1. The summed E-state index contributed by atoms with van der Waals surface area (Å²) in [6, 6.07) is 1.63. The van der Waals surface area contributed by atoms with E-state index in [0.29, 0.717) is 16.7 Å². The highest BCUT2D eigenvalue weighted by molar-refractivity contribution is 7.93. The van der Waals surface area contributed by atoms with Crippen molar-refractivity contribution in [3.8, 4) is 0 Å². The third-order valence-corrected chi connectivity index (χ3v) is 6.85. The van der Waals surface area contributed by atoms with Gasteiger partial charge in [-0.3, -0.25) is 0 Å². The molecule has 6 heteroatoms. The van der Waals surface area contributed by atoms with E-state index in [1.807, 2.05) is 6.08 Å². The molecule has 0 radical (unpaired) electrons. The lowest BCUT2D eigenvalue weighted by Crippen LogP contribution is -2.31. The quantitative estimate of drug-likeness (QED) is 0.819. The van der Waals surface area contributed by atoms with Crippen molar-refractivity contribution in [2.45, 2.75) is 40.0 Å². The molecule has 0 N–H and O–H groups in total. The van der Waals surface area contributed by atoms with Gasteiger partial charge in [0.1, 0.15) is 0 Å². The minimum Gasteiger partial charge on any atom is -0.381 e. The van der Waals surface area contributed by atoms with Crippen LogP contribution in [0.5, 0.6) is 0 Å². The molecule has 3 rings (SSSR count). The predicted octanol–water partition coefficient (Wildman–Crippen LogP) is 3.61. The Morgan fingerprint density at radius 2 is 2.00 bits per heavy atom. The number of aromatic nitrogens is 2. The average molecular weight is 365 g/mol. The second-order valence-corrected chi connectivity index (χ2v) is 9.95. The lowest BCUT2D eigenvalue weighted by molar-refractivity contribution is 0.0553. The van der Waals surface area contributed by atoms with E-state index in [9.17, 15) is 8.42 Å². The van der Waals surface area contributed by atoms with Gasteiger partial charge >= 0.3 is 0 Å². The Kier molecular flexibility index (Phi) is 5.21. The van der Waals surface area contributed by atoms with Gasteiger partial charge in [-0.15, -0.1) is 0 Å². The van der Waals surface area contributed by atoms with Crippen LogP contribution in [0.15, 0.2) is 41.6 Å². The van der Waals surface area contributed by atoms with E-state index < -0.39 is 10.0 Å². The standard InChI is InChI=1S/C19H28N2O3S/c1-19(2,3)18-6-5-17(25(22,23)21-10-4-9-20-21)14-16(18)13-15-7-11-24-12-8-15/h4-6,9-10,14-16,18H,7-8,11-13H2,1-3H3. The van der Waals surface area contributed by atoms with Crippen LogP contribution in [0, 0.1) is 23.2 Å². The summed E-state index contributed by atoms with van der Waals surface area (Å²) in [5.41, 5.74) is 0.0871. The summed E-state index contributed by atoms with van der Waals surface area (Å²) in [4.78, 5) is 0.355. The maximum Gasteiger partial charge on any atom is 0.282 e. The molecule has 1 fully saturated rings. The molecule has 2 heterocycles. The second-order valence-electron chi connectivity index (χ2n) is 8.16. The molecule has 0 spiro atoms. The van der Waals surface area contributed by atoms with Crippen LogP contribution in [-0.4, -0.2) is 30.8 Å². The molecule has 0 saturated carbocycles. The number of nitrogens with zero attached hydrogens (tertiary/aromatic N) is 2. The normalized spacial score (nSPS) is 25.8. The first-order valence-electron chi connectivity index (χ1n) is 9.01. The summed E-state index contributed by atoms with van der Waals surface area (Å²) in [6.07, 6.45) is 11.9.